The maximum absolute atomic E-state index is 6.28. The number of hydrogen-bond acceptors (Lipinski definition) is 5. The molecule has 2 N–H and O–H groups in total. The molecule has 0 radical (unpaired) electrons. The van der Waals surface area contributed by atoms with Crippen LogP contribution in [0, 0.1) is 0 Å². The average Bonchev–Trinajstić information content (AvgIpc) is 3.36. The summed E-state index contributed by atoms with van der Waals surface area (Å²) in [5, 5.41) is 12.3. The molecule has 142 valence electrons. The molecule has 5 nitrogen and oxygen atoms in total. The summed E-state index contributed by atoms with van der Waals surface area (Å²) in [5.41, 5.74) is 7.56. The molecule has 1 saturated heterocycles. The molecule has 1 aromatic heterocycles. The minimum absolute atomic E-state index is 0.0890. The highest BCUT2D eigenvalue weighted by Crippen LogP contribution is 2.27. The highest BCUT2D eigenvalue weighted by molar-refractivity contribution is 7.98. The summed E-state index contributed by atoms with van der Waals surface area (Å²) in [6.45, 7) is 3.72. The number of rotatable bonds is 7. The predicted molar refractivity (Wildman–Crippen MR) is 110 cm³/mol. The first kappa shape index (κ1) is 18.5. The highest BCUT2D eigenvalue weighted by Gasteiger charge is 2.23. The van der Waals surface area contributed by atoms with E-state index in [0.717, 1.165) is 49.1 Å². The van der Waals surface area contributed by atoms with E-state index in [0.29, 0.717) is 0 Å². The molecule has 2 heterocycles. The van der Waals surface area contributed by atoms with Gasteiger partial charge in [0.05, 0.1) is 18.7 Å². The van der Waals surface area contributed by atoms with E-state index in [4.69, 9.17) is 10.5 Å². The summed E-state index contributed by atoms with van der Waals surface area (Å²) in [4.78, 5) is 0. The van der Waals surface area contributed by atoms with Crippen molar-refractivity contribution in [2.75, 3.05) is 6.61 Å². The lowest BCUT2D eigenvalue weighted by molar-refractivity contribution is 0.0938. The highest BCUT2D eigenvalue weighted by atomic mass is 32.2. The van der Waals surface area contributed by atoms with Gasteiger partial charge in [-0.3, -0.25) is 0 Å². The van der Waals surface area contributed by atoms with Crippen LogP contribution in [0.15, 0.2) is 47.6 Å². The van der Waals surface area contributed by atoms with Crippen molar-refractivity contribution < 1.29 is 4.74 Å². The van der Waals surface area contributed by atoms with Crippen LogP contribution in [-0.4, -0.2) is 27.5 Å². The molecule has 0 bridgehead atoms. The van der Waals surface area contributed by atoms with E-state index in [1.165, 1.54) is 16.3 Å². The monoisotopic (exact) mass is 382 g/mol. The van der Waals surface area contributed by atoms with E-state index in [9.17, 15) is 0 Å². The van der Waals surface area contributed by atoms with Gasteiger partial charge in [-0.1, -0.05) is 61.2 Å². The molecule has 1 aliphatic heterocycles. The van der Waals surface area contributed by atoms with E-state index in [1.54, 1.807) is 11.8 Å². The molecular weight excluding hydrogens is 356 g/mol. The molecule has 3 aromatic rings. The van der Waals surface area contributed by atoms with Gasteiger partial charge in [0.15, 0.2) is 11.0 Å². The largest absolute Gasteiger partial charge is 0.376 e. The lowest BCUT2D eigenvalue weighted by Gasteiger charge is -2.17. The molecule has 0 amide bonds. The first-order chi connectivity index (χ1) is 13.2. The molecule has 6 heteroatoms. The third kappa shape index (κ3) is 4.18. The molecule has 2 unspecified atom stereocenters. The second-order valence-corrected chi connectivity index (χ2v) is 8.01. The Morgan fingerprint density at radius 2 is 2.07 bits per heavy atom. The van der Waals surface area contributed by atoms with Gasteiger partial charge in [0, 0.05) is 12.4 Å². The second-order valence-electron chi connectivity index (χ2n) is 7.07. The summed E-state index contributed by atoms with van der Waals surface area (Å²) in [7, 11) is 0. The summed E-state index contributed by atoms with van der Waals surface area (Å²) >= 11 is 1.72. The van der Waals surface area contributed by atoms with Gasteiger partial charge in [0.2, 0.25) is 0 Å². The lowest BCUT2D eigenvalue weighted by Crippen LogP contribution is -2.22. The maximum Gasteiger partial charge on any atom is 0.191 e. The van der Waals surface area contributed by atoms with Crippen LogP contribution in [0.5, 0.6) is 0 Å². The quantitative estimate of drug-likeness (QED) is 0.617. The zero-order chi connectivity index (χ0) is 18.6. The molecule has 0 saturated carbocycles. The van der Waals surface area contributed by atoms with E-state index < -0.39 is 0 Å². The Morgan fingerprint density at radius 3 is 2.85 bits per heavy atom. The molecule has 1 aliphatic rings. The molecule has 1 fully saturated rings. The number of thioether (sulfide) groups is 1. The number of aromatic nitrogens is 3. The van der Waals surface area contributed by atoms with Gasteiger partial charge < -0.3 is 15.0 Å². The van der Waals surface area contributed by atoms with Crippen LogP contribution in [0.4, 0.5) is 0 Å². The van der Waals surface area contributed by atoms with Crippen LogP contribution < -0.4 is 5.73 Å². The minimum Gasteiger partial charge on any atom is -0.376 e. The number of nitrogens with zero attached hydrogens (tertiary/aromatic N) is 3. The molecule has 2 atom stereocenters. The van der Waals surface area contributed by atoms with Gasteiger partial charge in [-0.2, -0.15) is 0 Å². The van der Waals surface area contributed by atoms with E-state index in [2.05, 4.69) is 64.2 Å². The first-order valence-electron chi connectivity index (χ1n) is 9.65. The number of ether oxygens (including phenoxy) is 1. The zero-order valence-electron chi connectivity index (χ0n) is 15.7. The van der Waals surface area contributed by atoms with Crippen molar-refractivity contribution in [1.82, 2.24) is 14.8 Å². The minimum atomic E-state index is -0.0890. The molecule has 27 heavy (non-hydrogen) atoms. The maximum atomic E-state index is 6.28. The first-order valence-corrected chi connectivity index (χ1v) is 10.6. The van der Waals surface area contributed by atoms with E-state index >= 15 is 0 Å². The van der Waals surface area contributed by atoms with Crippen molar-refractivity contribution in [2.24, 2.45) is 5.73 Å². The molecular formula is C21H26N4OS. The van der Waals surface area contributed by atoms with E-state index in [1.807, 2.05) is 0 Å². The molecule has 2 aromatic carbocycles. The fourth-order valence-electron chi connectivity index (χ4n) is 3.50. The van der Waals surface area contributed by atoms with Gasteiger partial charge in [-0.25, -0.2) is 0 Å². The number of fused-ring (bicyclic) bond motifs is 1. The van der Waals surface area contributed by atoms with E-state index in [-0.39, 0.29) is 12.1 Å². The van der Waals surface area contributed by atoms with Crippen molar-refractivity contribution in [1.29, 1.82) is 0 Å². The Kier molecular flexibility index (Phi) is 5.76. The van der Waals surface area contributed by atoms with Crippen LogP contribution >= 0.6 is 11.8 Å². The molecule has 0 spiro atoms. The fourth-order valence-corrected chi connectivity index (χ4v) is 4.40. The Balaban J connectivity index is 1.53. The van der Waals surface area contributed by atoms with Crippen molar-refractivity contribution in [3.05, 3.63) is 53.9 Å². The Hall–Kier alpha value is -1.89. The van der Waals surface area contributed by atoms with Crippen LogP contribution in [0.3, 0.4) is 0 Å². The smallest absolute Gasteiger partial charge is 0.191 e. The summed E-state index contributed by atoms with van der Waals surface area (Å²) in [6.07, 6.45) is 3.30. The summed E-state index contributed by atoms with van der Waals surface area (Å²) < 4.78 is 8.01. The van der Waals surface area contributed by atoms with Crippen LogP contribution in [0.25, 0.3) is 10.8 Å². The van der Waals surface area contributed by atoms with Crippen molar-refractivity contribution in [3.63, 3.8) is 0 Å². The zero-order valence-corrected chi connectivity index (χ0v) is 16.5. The standard InChI is InChI=1S/C21H26N4OS/c1-2-19(22)20-23-24-21(25(20)13-18-8-5-11-26-18)27-14-15-9-10-16-6-3-4-7-17(16)12-15/h3-4,6-7,9-10,12,18-19H,2,5,8,11,13-14,22H2,1H3. The summed E-state index contributed by atoms with van der Waals surface area (Å²) in [6, 6.07) is 15.0. The third-order valence-electron chi connectivity index (χ3n) is 5.11. The van der Waals surface area contributed by atoms with Crippen molar-refractivity contribution in [3.8, 4) is 0 Å². The Morgan fingerprint density at radius 1 is 1.22 bits per heavy atom. The number of benzene rings is 2. The molecule has 4 rings (SSSR count). The number of hydrogen-bond donors (Lipinski definition) is 1. The van der Waals surface area contributed by atoms with Gasteiger partial charge in [0.25, 0.3) is 0 Å². The van der Waals surface area contributed by atoms with Crippen molar-refractivity contribution >= 4 is 22.5 Å². The van der Waals surface area contributed by atoms with Crippen LogP contribution in [0.2, 0.25) is 0 Å². The van der Waals surface area contributed by atoms with Gasteiger partial charge in [-0.05, 0) is 35.6 Å². The fraction of sp³-hybridized carbons (Fsp3) is 0.429. The summed E-state index contributed by atoms with van der Waals surface area (Å²) in [5.74, 6) is 1.73. The average molecular weight is 383 g/mol. The Labute approximate surface area is 164 Å². The second kappa shape index (κ2) is 8.42. The Bertz CT molecular complexity index is 904. The van der Waals surface area contributed by atoms with Crippen molar-refractivity contribution in [2.45, 2.75) is 55.8 Å². The predicted octanol–water partition coefficient (Wildman–Crippen LogP) is 4.31. The van der Waals surface area contributed by atoms with Crippen LogP contribution in [-0.2, 0) is 17.0 Å². The molecule has 0 aliphatic carbocycles. The van der Waals surface area contributed by atoms with Crippen LogP contribution in [0.1, 0.15) is 43.6 Å². The van der Waals surface area contributed by atoms with Gasteiger partial charge >= 0.3 is 0 Å². The van der Waals surface area contributed by atoms with Gasteiger partial charge in [-0.15, -0.1) is 10.2 Å². The normalized spacial score (nSPS) is 18.2. The topological polar surface area (TPSA) is 66.0 Å². The SMILES string of the molecule is CCC(N)c1nnc(SCc2ccc3ccccc3c2)n1CC1CCCO1. The third-order valence-corrected chi connectivity index (χ3v) is 6.15. The van der Waals surface area contributed by atoms with Gasteiger partial charge in [0.1, 0.15) is 0 Å². The number of nitrogens with two attached hydrogens (primary N) is 1. The lowest BCUT2D eigenvalue weighted by atomic mass is 10.1.